The summed E-state index contributed by atoms with van der Waals surface area (Å²) in [4.78, 5) is 34.4. The van der Waals surface area contributed by atoms with Gasteiger partial charge < -0.3 is 16.4 Å². The molecule has 0 spiro atoms. The van der Waals surface area contributed by atoms with E-state index in [9.17, 15) is 14.4 Å². The number of hydrogen-bond acceptors (Lipinski definition) is 3. The minimum absolute atomic E-state index is 0.0651. The predicted octanol–water partition coefficient (Wildman–Crippen LogP) is 9.76. The average Bonchev–Trinajstić information content (AvgIpc) is 3.18. The highest BCUT2D eigenvalue weighted by Crippen LogP contribution is 2.08. The van der Waals surface area contributed by atoms with E-state index in [1.54, 1.807) is 37.2 Å². The van der Waals surface area contributed by atoms with Crippen LogP contribution in [0.2, 0.25) is 0 Å². The summed E-state index contributed by atoms with van der Waals surface area (Å²) in [5.41, 5.74) is 21.2. The molecule has 0 fully saturated rings. The lowest BCUT2D eigenvalue weighted by molar-refractivity contribution is 0.0827. The standard InChI is InChI=1S/C11H15NO.2C9H11NO.2C9H12/c1-4-9-6-5-7-10(8-9)11(13)12(2)3;1-2-7-3-5-8(6-4-7)9(10)11;1-2-7-4-3-5-8(6-7)9(10)11;1-3-9-6-4-8(2)5-7-9;1-3-9-6-4-5-8(2)7-9/h5-8H,4H2,1-3H3;2*3-6H,2H2,1H3,(H2,10,11);2*4-7H,3H2,1-2H3. The van der Waals surface area contributed by atoms with Crippen molar-refractivity contribution in [2.45, 2.75) is 80.6 Å². The summed E-state index contributed by atoms with van der Waals surface area (Å²) < 4.78 is 0. The Balaban J connectivity index is 0.000000333. The molecule has 5 rings (SSSR count). The minimum atomic E-state index is -0.368. The molecular weight excluding hydrogens is 655 g/mol. The van der Waals surface area contributed by atoms with E-state index in [1.807, 2.05) is 61.5 Å². The average molecular weight is 716 g/mol. The topological polar surface area (TPSA) is 106 Å². The molecule has 53 heavy (non-hydrogen) atoms. The number of aryl methyl sites for hydroxylation is 7. The molecular formula is C47H61N3O3. The Bertz CT molecular complexity index is 1810. The van der Waals surface area contributed by atoms with Gasteiger partial charge in [-0.3, -0.25) is 14.4 Å². The van der Waals surface area contributed by atoms with Crippen molar-refractivity contribution in [2.24, 2.45) is 11.5 Å². The molecule has 0 atom stereocenters. The van der Waals surface area contributed by atoms with Crippen molar-refractivity contribution in [3.8, 4) is 0 Å². The summed E-state index contributed by atoms with van der Waals surface area (Å²) in [6, 6.07) is 39.7. The lowest BCUT2D eigenvalue weighted by Crippen LogP contribution is -2.21. The number of hydrogen-bond donors (Lipinski definition) is 2. The van der Waals surface area contributed by atoms with Crippen molar-refractivity contribution >= 4 is 17.7 Å². The Morgan fingerprint density at radius 3 is 1.19 bits per heavy atom. The van der Waals surface area contributed by atoms with Gasteiger partial charge in [0.15, 0.2) is 0 Å². The first-order chi connectivity index (χ1) is 25.3. The largest absolute Gasteiger partial charge is 0.366 e. The van der Waals surface area contributed by atoms with Crippen molar-refractivity contribution in [1.82, 2.24) is 4.90 Å². The molecule has 3 amide bonds. The lowest BCUT2D eigenvalue weighted by atomic mass is 10.1. The van der Waals surface area contributed by atoms with Gasteiger partial charge in [0.05, 0.1) is 0 Å². The van der Waals surface area contributed by atoms with Crippen LogP contribution >= 0.6 is 0 Å². The number of nitrogens with two attached hydrogens (primary N) is 2. The molecule has 0 radical (unpaired) electrons. The van der Waals surface area contributed by atoms with Gasteiger partial charge in [-0.15, -0.1) is 0 Å². The van der Waals surface area contributed by atoms with E-state index in [0.29, 0.717) is 11.1 Å². The van der Waals surface area contributed by atoms with E-state index in [0.717, 1.165) is 43.2 Å². The molecule has 0 saturated carbocycles. The number of rotatable bonds is 8. The van der Waals surface area contributed by atoms with Crippen molar-refractivity contribution in [3.63, 3.8) is 0 Å². The number of carbonyl (C=O) groups excluding carboxylic acids is 3. The molecule has 5 aromatic carbocycles. The maximum atomic E-state index is 11.5. The van der Waals surface area contributed by atoms with E-state index < -0.39 is 0 Å². The smallest absolute Gasteiger partial charge is 0.253 e. The van der Waals surface area contributed by atoms with E-state index in [-0.39, 0.29) is 17.7 Å². The van der Waals surface area contributed by atoms with Crippen molar-refractivity contribution < 1.29 is 14.4 Å². The summed E-state index contributed by atoms with van der Waals surface area (Å²) in [5, 5.41) is 0. The van der Waals surface area contributed by atoms with E-state index >= 15 is 0 Å². The van der Waals surface area contributed by atoms with Crippen LogP contribution in [0.25, 0.3) is 0 Å². The van der Waals surface area contributed by atoms with Gasteiger partial charge >= 0.3 is 0 Å². The molecule has 0 saturated heterocycles. The Labute approximate surface area is 319 Å². The fraction of sp³-hybridized carbons (Fsp3) is 0.298. The number of amides is 3. The minimum Gasteiger partial charge on any atom is -0.366 e. The first-order valence-corrected chi connectivity index (χ1v) is 18.5. The SMILES string of the molecule is CCc1ccc(C(N)=O)cc1.CCc1ccc(C)cc1.CCc1cccc(C(=O)N(C)C)c1.CCc1cccc(C(N)=O)c1.CCc1cccc(C)c1. The molecule has 0 heterocycles. The van der Waals surface area contributed by atoms with Crippen LogP contribution in [0, 0.1) is 13.8 Å². The second-order valence-corrected chi connectivity index (χ2v) is 12.8. The Morgan fingerprint density at radius 1 is 0.434 bits per heavy atom. The summed E-state index contributed by atoms with van der Waals surface area (Å²) in [6.07, 6.45) is 5.16. The maximum Gasteiger partial charge on any atom is 0.253 e. The summed E-state index contributed by atoms with van der Waals surface area (Å²) >= 11 is 0. The van der Waals surface area contributed by atoms with Crippen molar-refractivity contribution in [3.05, 3.63) is 177 Å². The van der Waals surface area contributed by atoms with Gasteiger partial charge in [0.25, 0.3) is 5.91 Å². The fourth-order valence-corrected chi connectivity index (χ4v) is 4.79. The third-order valence-corrected chi connectivity index (χ3v) is 8.27. The lowest BCUT2D eigenvalue weighted by Gasteiger charge is -2.10. The third-order valence-electron chi connectivity index (χ3n) is 8.27. The van der Waals surface area contributed by atoms with Gasteiger partial charge in [-0.2, -0.15) is 0 Å². The van der Waals surface area contributed by atoms with Crippen LogP contribution in [0.1, 0.15) is 105 Å². The first kappa shape index (κ1) is 45.5. The molecule has 0 unspecified atom stereocenters. The van der Waals surface area contributed by atoms with Crippen molar-refractivity contribution in [1.29, 1.82) is 0 Å². The van der Waals surface area contributed by atoms with Crippen molar-refractivity contribution in [2.75, 3.05) is 14.1 Å². The molecule has 0 aliphatic heterocycles. The highest BCUT2D eigenvalue weighted by molar-refractivity contribution is 5.94. The molecule has 282 valence electrons. The zero-order chi connectivity index (χ0) is 39.8. The molecule has 6 heteroatoms. The van der Waals surface area contributed by atoms with Crippen LogP contribution in [0.15, 0.2) is 121 Å². The summed E-state index contributed by atoms with van der Waals surface area (Å²) in [6.45, 7) is 14.8. The molecule has 0 bridgehead atoms. The summed E-state index contributed by atoms with van der Waals surface area (Å²) in [5.74, 6) is -0.664. The Morgan fingerprint density at radius 2 is 0.811 bits per heavy atom. The molecule has 0 aromatic heterocycles. The fourth-order valence-electron chi connectivity index (χ4n) is 4.79. The second kappa shape index (κ2) is 25.5. The number of benzene rings is 5. The molecule has 0 aliphatic carbocycles. The van der Waals surface area contributed by atoms with Crippen LogP contribution < -0.4 is 11.5 Å². The van der Waals surface area contributed by atoms with Gasteiger partial charge in [-0.25, -0.2) is 0 Å². The highest BCUT2D eigenvalue weighted by atomic mass is 16.2. The first-order valence-electron chi connectivity index (χ1n) is 18.5. The normalized spacial score (nSPS) is 9.60. The van der Waals surface area contributed by atoms with Gasteiger partial charge in [0.1, 0.15) is 0 Å². The highest BCUT2D eigenvalue weighted by Gasteiger charge is 2.07. The van der Waals surface area contributed by atoms with Gasteiger partial charge in [-0.05, 0) is 110 Å². The molecule has 5 aromatic rings. The monoisotopic (exact) mass is 715 g/mol. The van der Waals surface area contributed by atoms with Gasteiger partial charge in [0.2, 0.25) is 11.8 Å². The summed E-state index contributed by atoms with van der Waals surface area (Å²) in [7, 11) is 3.53. The predicted molar refractivity (Wildman–Crippen MR) is 224 cm³/mol. The van der Waals surface area contributed by atoms with E-state index in [1.165, 1.54) is 33.4 Å². The number of primary amides is 2. The number of nitrogens with zero attached hydrogens (tertiary/aromatic N) is 1. The van der Waals surface area contributed by atoms with E-state index in [2.05, 4.69) is 90.1 Å². The van der Waals surface area contributed by atoms with Gasteiger partial charge in [-0.1, -0.05) is 131 Å². The Hall–Kier alpha value is -5.49. The zero-order valence-electron chi connectivity index (χ0n) is 33.4. The quantitative estimate of drug-likeness (QED) is 0.167. The van der Waals surface area contributed by atoms with Crippen LogP contribution in [0.3, 0.4) is 0 Å². The third kappa shape index (κ3) is 18.5. The molecule has 0 aliphatic rings. The second-order valence-electron chi connectivity index (χ2n) is 12.8. The van der Waals surface area contributed by atoms with Crippen LogP contribution in [0.5, 0.6) is 0 Å². The zero-order valence-corrected chi connectivity index (χ0v) is 33.4. The van der Waals surface area contributed by atoms with Crippen LogP contribution in [-0.2, 0) is 32.1 Å². The van der Waals surface area contributed by atoms with E-state index in [4.69, 9.17) is 11.5 Å². The van der Waals surface area contributed by atoms with Gasteiger partial charge in [0, 0.05) is 30.8 Å². The Kier molecular flexibility index (Phi) is 21.9. The maximum absolute atomic E-state index is 11.5. The molecule has 4 N–H and O–H groups in total. The van der Waals surface area contributed by atoms with Crippen LogP contribution in [0.4, 0.5) is 0 Å². The molecule has 6 nitrogen and oxygen atoms in total. The van der Waals surface area contributed by atoms with Crippen LogP contribution in [-0.4, -0.2) is 36.7 Å². The number of carbonyl (C=O) groups is 3.